The van der Waals surface area contributed by atoms with Crippen LogP contribution in [0.15, 0.2) is 57.4 Å². The van der Waals surface area contributed by atoms with Gasteiger partial charge < -0.3 is 28.2 Å². The average Bonchev–Trinajstić information content (AvgIpc) is 3.65. The minimum atomic E-state index is -0.993. The second kappa shape index (κ2) is 17.7. The number of hydrogen-bond donors (Lipinski definition) is 1. The van der Waals surface area contributed by atoms with Gasteiger partial charge in [0.05, 0.1) is 31.1 Å². The second-order valence-electron chi connectivity index (χ2n) is 11.4. The van der Waals surface area contributed by atoms with Crippen LogP contribution in [0.4, 0.5) is 0 Å². The van der Waals surface area contributed by atoms with Crippen LogP contribution in [-0.2, 0) is 36.5 Å². The highest BCUT2D eigenvalue weighted by molar-refractivity contribution is 14.1. The number of ether oxygens (including phenoxy) is 3. The number of rotatable bonds is 13. The molecular formula is C36H45IN2O7. The van der Waals surface area contributed by atoms with E-state index in [0.717, 1.165) is 82.0 Å². The maximum Gasteiger partial charge on any atom is 0.335 e. The molecular weight excluding hydrogens is 699 g/mol. The molecule has 1 aliphatic rings. The number of hydrogen-bond acceptors (Lipinski definition) is 8. The van der Waals surface area contributed by atoms with Gasteiger partial charge in [-0.15, -0.1) is 0 Å². The van der Waals surface area contributed by atoms with Crippen molar-refractivity contribution in [3.8, 4) is 22.9 Å². The van der Waals surface area contributed by atoms with E-state index in [2.05, 4.69) is 46.6 Å². The molecule has 5 rings (SSSR count). The highest BCUT2D eigenvalue weighted by atomic mass is 127. The number of aryl methyl sites for hydroxylation is 4. The molecule has 2 aromatic heterocycles. The van der Waals surface area contributed by atoms with Crippen LogP contribution in [0.5, 0.6) is 0 Å². The summed E-state index contributed by atoms with van der Waals surface area (Å²) in [5.74, 6) is 2.13. The molecule has 0 radical (unpaired) electrons. The van der Waals surface area contributed by atoms with Crippen molar-refractivity contribution in [3.05, 3.63) is 82.6 Å². The van der Waals surface area contributed by atoms with Crippen LogP contribution in [0.1, 0.15) is 73.6 Å². The maximum atomic E-state index is 11.2. The normalized spacial score (nSPS) is 16.9. The third-order valence-corrected chi connectivity index (χ3v) is 8.68. The Morgan fingerprint density at radius 3 is 2.28 bits per heavy atom. The minimum Gasteiger partial charge on any atom is -0.479 e. The molecule has 46 heavy (non-hydrogen) atoms. The van der Waals surface area contributed by atoms with E-state index >= 15 is 0 Å². The predicted octanol–water partition coefficient (Wildman–Crippen LogP) is 8.44. The van der Waals surface area contributed by atoms with E-state index in [1.807, 2.05) is 57.2 Å². The highest BCUT2D eigenvalue weighted by Crippen LogP contribution is 2.28. The highest BCUT2D eigenvalue weighted by Gasteiger charge is 2.27. The molecule has 0 amide bonds. The molecule has 1 saturated carbocycles. The lowest BCUT2D eigenvalue weighted by molar-refractivity contribution is -0.157. The summed E-state index contributed by atoms with van der Waals surface area (Å²) in [6.45, 7) is 10.7. The monoisotopic (exact) mass is 744 g/mol. The Bertz CT molecular complexity index is 1530. The van der Waals surface area contributed by atoms with Crippen LogP contribution in [0, 0.1) is 20.8 Å². The number of oxazole rings is 2. The van der Waals surface area contributed by atoms with Crippen LogP contribution in [0.2, 0.25) is 0 Å². The number of halogens is 1. The molecule has 2 heterocycles. The van der Waals surface area contributed by atoms with Crippen molar-refractivity contribution >= 4 is 28.6 Å². The molecule has 1 N–H and O–H groups in total. The number of aromatic nitrogens is 2. The molecule has 2 aromatic carbocycles. The molecule has 0 saturated heterocycles. The fourth-order valence-corrected chi connectivity index (χ4v) is 6.00. The van der Waals surface area contributed by atoms with Gasteiger partial charge in [0.1, 0.15) is 17.2 Å². The Kier molecular flexibility index (Phi) is 13.8. The predicted molar refractivity (Wildman–Crippen MR) is 185 cm³/mol. The SMILES string of the molecule is CCOC(CO[C@@H]1CCC[C@H](OCc2nc(-c3ccccc3C)oc2CC)C1)C(=O)O.Cc1ccc(-c2nc(CI)c(C)o2)cc1. The zero-order valence-corrected chi connectivity index (χ0v) is 29.5. The molecule has 3 atom stereocenters. The number of carbonyl (C=O) groups is 1. The lowest BCUT2D eigenvalue weighted by Gasteiger charge is -2.29. The van der Waals surface area contributed by atoms with Gasteiger partial charge in [0.2, 0.25) is 11.8 Å². The number of aliphatic carboxylic acids is 1. The van der Waals surface area contributed by atoms with Crippen molar-refractivity contribution < 1.29 is 32.9 Å². The lowest BCUT2D eigenvalue weighted by Crippen LogP contribution is -2.34. The Labute approximate surface area is 285 Å². The zero-order chi connectivity index (χ0) is 33.1. The Morgan fingerprint density at radius 1 is 0.957 bits per heavy atom. The van der Waals surface area contributed by atoms with Gasteiger partial charge in [0.25, 0.3) is 0 Å². The van der Waals surface area contributed by atoms with E-state index in [0.29, 0.717) is 19.1 Å². The smallest absolute Gasteiger partial charge is 0.335 e. The first-order valence-corrected chi connectivity index (χ1v) is 17.5. The van der Waals surface area contributed by atoms with Crippen molar-refractivity contribution in [2.45, 2.75) is 96.1 Å². The quantitative estimate of drug-likeness (QED) is 0.106. The van der Waals surface area contributed by atoms with Gasteiger partial charge in [-0.25, -0.2) is 14.8 Å². The van der Waals surface area contributed by atoms with Gasteiger partial charge >= 0.3 is 5.97 Å². The summed E-state index contributed by atoms with van der Waals surface area (Å²) in [6, 6.07) is 16.3. The van der Waals surface area contributed by atoms with Crippen LogP contribution in [0.25, 0.3) is 22.9 Å². The summed E-state index contributed by atoms with van der Waals surface area (Å²) in [5.41, 5.74) is 6.28. The van der Waals surface area contributed by atoms with E-state index < -0.39 is 12.1 Å². The fraction of sp³-hybridized carbons (Fsp3) is 0.472. The van der Waals surface area contributed by atoms with Gasteiger partial charge in [-0.05, 0) is 77.1 Å². The molecule has 0 spiro atoms. The molecule has 1 fully saturated rings. The first-order chi connectivity index (χ1) is 22.2. The Morgan fingerprint density at radius 2 is 1.65 bits per heavy atom. The number of benzene rings is 2. The summed E-state index contributed by atoms with van der Waals surface area (Å²) in [5, 5.41) is 9.20. The van der Waals surface area contributed by atoms with E-state index in [4.69, 9.17) is 28.0 Å². The van der Waals surface area contributed by atoms with Gasteiger partial charge in [0, 0.05) is 28.6 Å². The van der Waals surface area contributed by atoms with E-state index in [9.17, 15) is 9.90 Å². The number of carboxylic acid groups (broad SMARTS) is 1. The van der Waals surface area contributed by atoms with Crippen LogP contribution in [0.3, 0.4) is 0 Å². The van der Waals surface area contributed by atoms with E-state index in [-0.39, 0.29) is 18.8 Å². The van der Waals surface area contributed by atoms with E-state index in [1.54, 1.807) is 6.92 Å². The average molecular weight is 745 g/mol. The van der Waals surface area contributed by atoms with Gasteiger partial charge in [-0.2, -0.15) is 0 Å². The first-order valence-electron chi connectivity index (χ1n) is 15.9. The standard InChI is InChI=1S/C24H33NO6.C12H12INO/c1-4-21-20(25-23(31-21)19-12-7-6-9-16(19)3)14-29-17-10-8-11-18(13-17)30-15-22(24(26)27)28-5-2;1-8-3-5-10(6-4-8)12-14-11(7-13)9(2)15-12/h6-7,9,12,17-18,22H,4-5,8,10-11,13-15H2,1-3H3,(H,26,27);3-6H,7H2,1-2H3/t17-,18+,22?;/m0./s1. The molecule has 0 aliphatic heterocycles. The second-order valence-corrected chi connectivity index (χ2v) is 12.2. The summed E-state index contributed by atoms with van der Waals surface area (Å²) in [4.78, 5) is 20.4. The Balaban J connectivity index is 0.000000266. The number of carboxylic acids is 1. The van der Waals surface area contributed by atoms with Crippen LogP contribution in [-0.4, -0.2) is 52.6 Å². The molecule has 4 aromatic rings. The van der Waals surface area contributed by atoms with Crippen molar-refractivity contribution in [2.75, 3.05) is 13.2 Å². The molecule has 10 heteroatoms. The third-order valence-electron chi connectivity index (χ3n) is 7.95. The van der Waals surface area contributed by atoms with E-state index in [1.165, 1.54) is 5.56 Å². The van der Waals surface area contributed by atoms with Crippen molar-refractivity contribution in [3.63, 3.8) is 0 Å². The van der Waals surface area contributed by atoms with Crippen molar-refractivity contribution in [1.82, 2.24) is 9.97 Å². The third kappa shape index (κ3) is 9.97. The number of nitrogens with zero attached hydrogens (tertiary/aromatic N) is 2. The van der Waals surface area contributed by atoms with Crippen molar-refractivity contribution in [2.24, 2.45) is 0 Å². The summed E-state index contributed by atoms with van der Waals surface area (Å²) >= 11 is 2.29. The van der Waals surface area contributed by atoms with Crippen LogP contribution >= 0.6 is 22.6 Å². The van der Waals surface area contributed by atoms with Gasteiger partial charge in [0.15, 0.2) is 6.10 Å². The van der Waals surface area contributed by atoms with Crippen LogP contribution < -0.4 is 0 Å². The first kappa shape index (κ1) is 35.8. The summed E-state index contributed by atoms with van der Waals surface area (Å²) < 4.78 is 29.8. The summed E-state index contributed by atoms with van der Waals surface area (Å²) in [7, 11) is 0. The zero-order valence-electron chi connectivity index (χ0n) is 27.4. The molecule has 1 aliphatic carbocycles. The minimum absolute atomic E-state index is 0.0217. The fourth-order valence-electron chi connectivity index (χ4n) is 5.29. The van der Waals surface area contributed by atoms with Crippen molar-refractivity contribution in [1.29, 1.82) is 0 Å². The van der Waals surface area contributed by atoms with Gasteiger partial charge in [-0.3, -0.25) is 0 Å². The molecule has 0 bridgehead atoms. The molecule has 1 unspecified atom stereocenters. The summed E-state index contributed by atoms with van der Waals surface area (Å²) in [6.07, 6.45) is 3.44. The lowest BCUT2D eigenvalue weighted by atomic mass is 9.95. The molecule has 9 nitrogen and oxygen atoms in total. The largest absolute Gasteiger partial charge is 0.479 e. The topological polar surface area (TPSA) is 117 Å². The molecule has 248 valence electrons. The Hall–Kier alpha value is -3.06. The number of alkyl halides is 1. The maximum absolute atomic E-state index is 11.2. The van der Waals surface area contributed by atoms with Gasteiger partial charge in [-0.1, -0.05) is 65.4 Å².